The summed E-state index contributed by atoms with van der Waals surface area (Å²) in [5.74, 6) is 0. The Morgan fingerprint density at radius 1 is 1.27 bits per heavy atom. The van der Waals surface area contributed by atoms with Crippen molar-refractivity contribution in [3.8, 4) is 0 Å². The maximum Gasteiger partial charge on any atom is 0.0281 e. The topological polar surface area (TPSA) is 15.3 Å². The van der Waals surface area contributed by atoms with Gasteiger partial charge in [-0.2, -0.15) is 11.8 Å². The fourth-order valence-corrected chi connectivity index (χ4v) is 3.06. The van der Waals surface area contributed by atoms with Gasteiger partial charge in [-0.05, 0) is 32.2 Å². The smallest absolute Gasteiger partial charge is 0.0281 e. The van der Waals surface area contributed by atoms with Crippen LogP contribution in [0.2, 0.25) is 0 Å². The van der Waals surface area contributed by atoms with Gasteiger partial charge >= 0.3 is 0 Å². The van der Waals surface area contributed by atoms with E-state index in [1.807, 2.05) is 0 Å². The zero-order chi connectivity index (χ0) is 11.1. The second-order valence-corrected chi connectivity index (χ2v) is 5.72. The lowest BCUT2D eigenvalue weighted by molar-refractivity contribution is 0.289. The van der Waals surface area contributed by atoms with E-state index in [1.54, 1.807) is 0 Å². The number of rotatable bonds is 8. The summed E-state index contributed by atoms with van der Waals surface area (Å²) in [5, 5.41) is 3.62. The highest BCUT2D eigenvalue weighted by Crippen LogP contribution is 2.41. The Kier molecular flexibility index (Phi) is 6.02. The number of likely N-dealkylation sites (N-methyl/N-ethyl adjacent to an activating group) is 1. The predicted molar refractivity (Wildman–Crippen MR) is 70.8 cm³/mol. The first-order chi connectivity index (χ1) is 7.26. The van der Waals surface area contributed by atoms with Gasteiger partial charge in [0.25, 0.3) is 0 Å². The summed E-state index contributed by atoms with van der Waals surface area (Å²) in [6.07, 6.45) is 6.50. The third kappa shape index (κ3) is 3.97. The van der Waals surface area contributed by atoms with Crippen molar-refractivity contribution in [3.05, 3.63) is 0 Å². The van der Waals surface area contributed by atoms with Crippen LogP contribution in [0.5, 0.6) is 0 Å². The Hall–Kier alpha value is 0.270. The van der Waals surface area contributed by atoms with Gasteiger partial charge < -0.3 is 10.2 Å². The van der Waals surface area contributed by atoms with Crippen LogP contribution >= 0.6 is 11.8 Å². The average molecular weight is 230 g/mol. The lowest BCUT2D eigenvalue weighted by Crippen LogP contribution is -2.45. The second-order valence-electron chi connectivity index (χ2n) is 4.44. The normalized spacial score (nSPS) is 19.2. The van der Waals surface area contributed by atoms with Crippen molar-refractivity contribution in [2.24, 2.45) is 0 Å². The summed E-state index contributed by atoms with van der Waals surface area (Å²) in [6.45, 7) is 10.4. The molecule has 0 heterocycles. The SMILES string of the molecule is CCN(CC)CCNCC1(SC)CCC1. The number of nitrogens with zero attached hydrogens (tertiary/aromatic N) is 1. The summed E-state index contributed by atoms with van der Waals surface area (Å²) in [7, 11) is 0. The molecule has 1 fully saturated rings. The minimum absolute atomic E-state index is 0.587. The molecule has 1 N–H and O–H groups in total. The van der Waals surface area contributed by atoms with Crippen LogP contribution in [0.25, 0.3) is 0 Å². The van der Waals surface area contributed by atoms with Crippen LogP contribution in [0.4, 0.5) is 0 Å². The number of nitrogens with one attached hydrogen (secondary N) is 1. The van der Waals surface area contributed by atoms with Crippen LogP contribution in [-0.2, 0) is 0 Å². The van der Waals surface area contributed by atoms with Crippen molar-refractivity contribution in [2.45, 2.75) is 37.9 Å². The molecule has 2 nitrogen and oxygen atoms in total. The third-order valence-corrected chi connectivity index (χ3v) is 5.06. The van der Waals surface area contributed by atoms with E-state index in [0.29, 0.717) is 4.75 Å². The predicted octanol–water partition coefficient (Wildman–Crippen LogP) is 2.20. The zero-order valence-corrected chi connectivity index (χ0v) is 11.3. The van der Waals surface area contributed by atoms with E-state index in [1.165, 1.54) is 45.4 Å². The third-order valence-electron chi connectivity index (χ3n) is 3.64. The summed E-state index contributed by atoms with van der Waals surface area (Å²) in [6, 6.07) is 0. The van der Waals surface area contributed by atoms with Crippen molar-refractivity contribution < 1.29 is 0 Å². The maximum absolute atomic E-state index is 3.62. The number of hydrogen-bond donors (Lipinski definition) is 1. The van der Waals surface area contributed by atoms with E-state index in [-0.39, 0.29) is 0 Å². The highest BCUT2D eigenvalue weighted by atomic mass is 32.2. The van der Waals surface area contributed by atoms with Gasteiger partial charge in [-0.15, -0.1) is 0 Å². The highest BCUT2D eigenvalue weighted by molar-refractivity contribution is 8.00. The van der Waals surface area contributed by atoms with E-state index in [4.69, 9.17) is 0 Å². The minimum atomic E-state index is 0.587. The summed E-state index contributed by atoms with van der Waals surface area (Å²) in [5.41, 5.74) is 0. The molecule has 0 radical (unpaired) electrons. The Balaban J connectivity index is 2.05. The molecule has 0 aromatic carbocycles. The average Bonchev–Trinajstić information content (AvgIpc) is 2.22. The van der Waals surface area contributed by atoms with Crippen molar-refractivity contribution in [1.82, 2.24) is 10.2 Å². The van der Waals surface area contributed by atoms with E-state index in [0.717, 1.165) is 6.54 Å². The largest absolute Gasteiger partial charge is 0.314 e. The molecule has 0 amide bonds. The minimum Gasteiger partial charge on any atom is -0.314 e. The fraction of sp³-hybridized carbons (Fsp3) is 1.00. The fourth-order valence-electron chi connectivity index (χ4n) is 2.12. The molecule has 3 heteroatoms. The molecular weight excluding hydrogens is 204 g/mol. The maximum atomic E-state index is 3.62. The molecular formula is C12H26N2S. The first-order valence-corrected chi connectivity index (χ1v) is 7.47. The molecule has 0 saturated heterocycles. The van der Waals surface area contributed by atoms with Crippen LogP contribution in [-0.4, -0.2) is 48.6 Å². The Bertz CT molecular complexity index is 159. The monoisotopic (exact) mass is 230 g/mol. The van der Waals surface area contributed by atoms with Crippen LogP contribution < -0.4 is 5.32 Å². The van der Waals surface area contributed by atoms with Gasteiger partial charge in [0.1, 0.15) is 0 Å². The molecule has 1 aliphatic rings. The summed E-state index contributed by atoms with van der Waals surface area (Å²) >= 11 is 2.05. The molecule has 0 aromatic rings. The van der Waals surface area contributed by atoms with E-state index in [9.17, 15) is 0 Å². The van der Waals surface area contributed by atoms with Gasteiger partial charge in [-0.3, -0.25) is 0 Å². The number of hydrogen-bond acceptors (Lipinski definition) is 3. The highest BCUT2D eigenvalue weighted by Gasteiger charge is 2.35. The van der Waals surface area contributed by atoms with E-state index in [2.05, 4.69) is 42.1 Å². The Labute approximate surface area is 99.2 Å². The molecule has 0 bridgehead atoms. The van der Waals surface area contributed by atoms with Gasteiger partial charge in [0, 0.05) is 24.4 Å². The lowest BCUT2D eigenvalue weighted by atomic mass is 9.84. The molecule has 1 saturated carbocycles. The van der Waals surface area contributed by atoms with Gasteiger partial charge in [0.15, 0.2) is 0 Å². The lowest BCUT2D eigenvalue weighted by Gasteiger charge is -2.40. The van der Waals surface area contributed by atoms with Crippen LogP contribution in [0.15, 0.2) is 0 Å². The molecule has 90 valence electrons. The van der Waals surface area contributed by atoms with Gasteiger partial charge in [-0.25, -0.2) is 0 Å². The van der Waals surface area contributed by atoms with Crippen LogP contribution in [0.1, 0.15) is 33.1 Å². The summed E-state index contributed by atoms with van der Waals surface area (Å²) < 4.78 is 0.587. The van der Waals surface area contributed by atoms with Crippen molar-refractivity contribution in [1.29, 1.82) is 0 Å². The molecule has 0 aliphatic heterocycles. The second kappa shape index (κ2) is 6.77. The van der Waals surface area contributed by atoms with Crippen molar-refractivity contribution in [3.63, 3.8) is 0 Å². The van der Waals surface area contributed by atoms with Crippen molar-refractivity contribution >= 4 is 11.8 Å². The summed E-state index contributed by atoms with van der Waals surface area (Å²) in [4.78, 5) is 2.47. The zero-order valence-electron chi connectivity index (χ0n) is 10.5. The van der Waals surface area contributed by atoms with Gasteiger partial charge in [-0.1, -0.05) is 20.3 Å². The van der Waals surface area contributed by atoms with Crippen LogP contribution in [0, 0.1) is 0 Å². The first-order valence-electron chi connectivity index (χ1n) is 6.24. The van der Waals surface area contributed by atoms with Gasteiger partial charge in [0.05, 0.1) is 0 Å². The van der Waals surface area contributed by atoms with Crippen LogP contribution in [0.3, 0.4) is 0 Å². The Morgan fingerprint density at radius 3 is 2.33 bits per heavy atom. The quantitative estimate of drug-likeness (QED) is 0.644. The number of thioether (sulfide) groups is 1. The molecule has 0 atom stereocenters. The molecule has 1 aliphatic carbocycles. The molecule has 1 rings (SSSR count). The molecule has 0 spiro atoms. The molecule has 0 unspecified atom stereocenters. The van der Waals surface area contributed by atoms with E-state index >= 15 is 0 Å². The molecule has 0 aromatic heterocycles. The molecule has 15 heavy (non-hydrogen) atoms. The van der Waals surface area contributed by atoms with E-state index < -0.39 is 0 Å². The van der Waals surface area contributed by atoms with Crippen molar-refractivity contribution in [2.75, 3.05) is 39.0 Å². The first kappa shape index (κ1) is 13.3. The van der Waals surface area contributed by atoms with Gasteiger partial charge in [0.2, 0.25) is 0 Å². The standard InChI is InChI=1S/C12H26N2S/c1-4-14(5-2)10-9-13-11-12(15-3)7-6-8-12/h13H,4-11H2,1-3H3. The Morgan fingerprint density at radius 2 is 1.93 bits per heavy atom.